The SMILES string of the molecule is COc1cccc(C(=O)NCc2nc3cccnc3n2Cc2ccc(F)cc2)c1. The van der Waals surface area contributed by atoms with E-state index in [2.05, 4.69) is 15.3 Å². The summed E-state index contributed by atoms with van der Waals surface area (Å²) >= 11 is 0. The van der Waals surface area contributed by atoms with Gasteiger partial charge in [-0.25, -0.2) is 14.4 Å². The molecule has 2 aromatic heterocycles. The molecule has 0 bridgehead atoms. The Morgan fingerprint density at radius 3 is 2.76 bits per heavy atom. The van der Waals surface area contributed by atoms with Crippen molar-refractivity contribution >= 4 is 17.1 Å². The van der Waals surface area contributed by atoms with Gasteiger partial charge in [-0.2, -0.15) is 0 Å². The van der Waals surface area contributed by atoms with E-state index in [4.69, 9.17) is 4.74 Å². The lowest BCUT2D eigenvalue weighted by atomic mass is 10.2. The number of nitrogens with one attached hydrogen (secondary N) is 1. The zero-order chi connectivity index (χ0) is 20.2. The number of halogens is 1. The molecule has 6 nitrogen and oxygen atoms in total. The van der Waals surface area contributed by atoms with Gasteiger partial charge in [0.2, 0.25) is 0 Å². The maximum atomic E-state index is 13.2. The quantitative estimate of drug-likeness (QED) is 0.547. The molecule has 2 heterocycles. The van der Waals surface area contributed by atoms with E-state index in [-0.39, 0.29) is 18.3 Å². The van der Waals surface area contributed by atoms with E-state index in [0.29, 0.717) is 29.3 Å². The molecular weight excluding hydrogens is 371 g/mol. The predicted octanol–water partition coefficient (Wildman–Crippen LogP) is 3.56. The predicted molar refractivity (Wildman–Crippen MR) is 107 cm³/mol. The average Bonchev–Trinajstić information content (AvgIpc) is 3.11. The molecule has 0 saturated carbocycles. The Bertz CT molecular complexity index is 1160. The maximum Gasteiger partial charge on any atom is 0.251 e. The molecule has 0 radical (unpaired) electrons. The minimum absolute atomic E-state index is 0.225. The van der Waals surface area contributed by atoms with Crippen molar-refractivity contribution in [3.63, 3.8) is 0 Å². The highest BCUT2D eigenvalue weighted by Crippen LogP contribution is 2.17. The second-order valence-electron chi connectivity index (χ2n) is 6.50. The van der Waals surface area contributed by atoms with E-state index in [9.17, 15) is 9.18 Å². The number of pyridine rings is 1. The van der Waals surface area contributed by atoms with E-state index >= 15 is 0 Å². The summed E-state index contributed by atoms with van der Waals surface area (Å²) < 4.78 is 20.3. The molecule has 0 aliphatic carbocycles. The first-order valence-electron chi connectivity index (χ1n) is 9.11. The van der Waals surface area contributed by atoms with Crippen LogP contribution in [0.2, 0.25) is 0 Å². The van der Waals surface area contributed by atoms with Crippen molar-refractivity contribution in [3.05, 3.63) is 89.6 Å². The van der Waals surface area contributed by atoms with Crippen LogP contribution in [0.3, 0.4) is 0 Å². The Morgan fingerprint density at radius 2 is 1.97 bits per heavy atom. The van der Waals surface area contributed by atoms with Crippen molar-refractivity contribution in [1.82, 2.24) is 19.9 Å². The van der Waals surface area contributed by atoms with Crippen molar-refractivity contribution in [3.8, 4) is 5.75 Å². The van der Waals surface area contributed by atoms with E-state index in [1.807, 2.05) is 16.7 Å². The molecule has 0 saturated heterocycles. The summed E-state index contributed by atoms with van der Waals surface area (Å²) in [6.45, 7) is 0.700. The molecule has 0 unspecified atom stereocenters. The van der Waals surface area contributed by atoms with E-state index < -0.39 is 0 Å². The number of methoxy groups -OCH3 is 1. The molecule has 0 fully saturated rings. The number of nitrogens with zero attached hydrogens (tertiary/aromatic N) is 3. The summed E-state index contributed by atoms with van der Waals surface area (Å²) in [5, 5.41) is 2.90. The molecule has 29 heavy (non-hydrogen) atoms. The van der Waals surface area contributed by atoms with Crippen LogP contribution in [0.1, 0.15) is 21.7 Å². The second kappa shape index (κ2) is 8.10. The first kappa shape index (κ1) is 18.6. The third-order valence-corrected chi connectivity index (χ3v) is 4.58. The number of benzene rings is 2. The molecule has 0 atom stereocenters. The standard InChI is InChI=1S/C22H19FN4O2/c1-29-18-5-2-4-16(12-18)22(28)25-13-20-26-19-6-3-11-24-21(19)27(20)14-15-7-9-17(23)10-8-15/h2-12H,13-14H2,1H3,(H,25,28). The fourth-order valence-corrected chi connectivity index (χ4v) is 3.10. The highest BCUT2D eigenvalue weighted by molar-refractivity contribution is 5.94. The van der Waals surface area contributed by atoms with Gasteiger partial charge in [0.15, 0.2) is 5.65 Å². The molecule has 146 valence electrons. The number of hydrogen-bond acceptors (Lipinski definition) is 4. The number of aromatic nitrogens is 3. The van der Waals surface area contributed by atoms with Gasteiger partial charge >= 0.3 is 0 Å². The summed E-state index contributed by atoms with van der Waals surface area (Å²) in [5.74, 6) is 0.773. The molecule has 2 aromatic carbocycles. The Labute approximate surface area is 167 Å². The topological polar surface area (TPSA) is 69.0 Å². The Hall–Kier alpha value is -3.74. The monoisotopic (exact) mass is 390 g/mol. The first-order chi connectivity index (χ1) is 14.1. The lowest BCUT2D eigenvalue weighted by molar-refractivity contribution is 0.0949. The number of ether oxygens (including phenoxy) is 1. The van der Waals surface area contributed by atoms with Gasteiger partial charge in [-0.15, -0.1) is 0 Å². The van der Waals surface area contributed by atoms with Crippen LogP contribution in [0, 0.1) is 5.82 Å². The minimum Gasteiger partial charge on any atom is -0.497 e. The number of imidazole rings is 1. The van der Waals surface area contributed by atoms with Gasteiger partial charge in [0.1, 0.15) is 22.9 Å². The fraction of sp³-hybridized carbons (Fsp3) is 0.136. The summed E-state index contributed by atoms with van der Waals surface area (Å²) in [7, 11) is 1.56. The van der Waals surface area contributed by atoms with E-state index in [0.717, 1.165) is 11.1 Å². The van der Waals surface area contributed by atoms with Crippen LogP contribution in [0.25, 0.3) is 11.2 Å². The summed E-state index contributed by atoms with van der Waals surface area (Å²) in [5.41, 5.74) is 2.86. The van der Waals surface area contributed by atoms with Gasteiger partial charge in [0, 0.05) is 11.8 Å². The Balaban J connectivity index is 1.59. The van der Waals surface area contributed by atoms with Crippen LogP contribution in [-0.2, 0) is 13.1 Å². The smallest absolute Gasteiger partial charge is 0.251 e. The van der Waals surface area contributed by atoms with Gasteiger partial charge < -0.3 is 14.6 Å². The summed E-state index contributed by atoms with van der Waals surface area (Å²) in [4.78, 5) is 21.6. The highest BCUT2D eigenvalue weighted by atomic mass is 19.1. The molecule has 7 heteroatoms. The van der Waals surface area contributed by atoms with Crippen molar-refractivity contribution in [2.45, 2.75) is 13.1 Å². The third kappa shape index (κ3) is 4.08. The van der Waals surface area contributed by atoms with Gasteiger partial charge in [0.25, 0.3) is 5.91 Å². The molecule has 1 amide bonds. The summed E-state index contributed by atoms with van der Waals surface area (Å²) in [6, 6.07) is 16.9. The first-order valence-corrected chi connectivity index (χ1v) is 9.11. The van der Waals surface area contributed by atoms with Crippen molar-refractivity contribution in [1.29, 1.82) is 0 Å². The number of fused-ring (bicyclic) bond motifs is 1. The largest absolute Gasteiger partial charge is 0.497 e. The molecule has 4 rings (SSSR count). The molecule has 0 aliphatic rings. The molecule has 1 N–H and O–H groups in total. The summed E-state index contributed by atoms with van der Waals surface area (Å²) in [6.07, 6.45) is 1.70. The number of hydrogen-bond donors (Lipinski definition) is 1. The number of carbonyl (C=O) groups excluding carboxylic acids is 1. The normalized spacial score (nSPS) is 10.8. The van der Waals surface area contributed by atoms with Gasteiger partial charge in [-0.05, 0) is 48.0 Å². The Morgan fingerprint density at radius 1 is 1.14 bits per heavy atom. The van der Waals surface area contributed by atoms with E-state index in [1.54, 1.807) is 49.7 Å². The zero-order valence-corrected chi connectivity index (χ0v) is 15.8. The second-order valence-corrected chi connectivity index (χ2v) is 6.50. The number of carbonyl (C=O) groups is 1. The maximum absolute atomic E-state index is 13.2. The lowest BCUT2D eigenvalue weighted by Gasteiger charge is -2.10. The highest BCUT2D eigenvalue weighted by Gasteiger charge is 2.14. The Kier molecular flexibility index (Phi) is 5.20. The molecule has 0 spiro atoms. The van der Waals surface area contributed by atoms with Crippen molar-refractivity contribution < 1.29 is 13.9 Å². The van der Waals surface area contributed by atoms with Crippen LogP contribution in [0.15, 0.2) is 66.9 Å². The minimum atomic E-state index is -0.284. The number of rotatable bonds is 6. The molecular formula is C22H19FN4O2. The fourth-order valence-electron chi connectivity index (χ4n) is 3.10. The van der Waals surface area contributed by atoms with Crippen LogP contribution >= 0.6 is 0 Å². The average molecular weight is 390 g/mol. The van der Waals surface area contributed by atoms with E-state index in [1.165, 1.54) is 12.1 Å². The van der Waals surface area contributed by atoms with Gasteiger partial charge in [-0.3, -0.25) is 4.79 Å². The van der Waals surface area contributed by atoms with Gasteiger partial charge in [-0.1, -0.05) is 18.2 Å². The molecule has 0 aliphatic heterocycles. The van der Waals surface area contributed by atoms with Crippen LogP contribution in [0.5, 0.6) is 5.75 Å². The third-order valence-electron chi connectivity index (χ3n) is 4.58. The van der Waals surface area contributed by atoms with Crippen LogP contribution in [-0.4, -0.2) is 27.6 Å². The zero-order valence-electron chi connectivity index (χ0n) is 15.8. The number of amides is 1. The van der Waals surface area contributed by atoms with Gasteiger partial charge in [0.05, 0.1) is 20.2 Å². The van der Waals surface area contributed by atoms with Crippen molar-refractivity contribution in [2.75, 3.05) is 7.11 Å². The molecule has 4 aromatic rings. The van der Waals surface area contributed by atoms with Crippen molar-refractivity contribution in [2.24, 2.45) is 0 Å². The van der Waals surface area contributed by atoms with Crippen LogP contribution in [0.4, 0.5) is 4.39 Å². The lowest BCUT2D eigenvalue weighted by Crippen LogP contribution is -2.25. The van der Waals surface area contributed by atoms with Crippen LogP contribution < -0.4 is 10.1 Å².